The first-order chi connectivity index (χ1) is 15.3. The minimum atomic E-state index is -0.847. The van der Waals surface area contributed by atoms with E-state index in [0.717, 1.165) is 5.56 Å². The van der Waals surface area contributed by atoms with Crippen molar-refractivity contribution in [3.8, 4) is 5.75 Å². The standard InChI is InChI=1S/C25H28FNO5/c1-5-32-20-11-8-17(14-19(20)15(2)3)23(28)21-22(16-6-9-18(26)10-7-16)27(12-13-31-4)25(30)24(21)29/h6-11,14-15,22,28H,5,12-13H2,1-4H3/b23-21-. The van der Waals surface area contributed by atoms with Gasteiger partial charge in [-0.2, -0.15) is 0 Å². The number of nitrogens with zero attached hydrogens (tertiary/aromatic N) is 1. The molecule has 3 rings (SSSR count). The third-order valence-corrected chi connectivity index (χ3v) is 5.47. The highest BCUT2D eigenvalue weighted by molar-refractivity contribution is 6.46. The number of benzene rings is 2. The Bertz CT molecular complexity index is 1030. The third kappa shape index (κ3) is 4.53. The van der Waals surface area contributed by atoms with Crippen molar-refractivity contribution in [1.82, 2.24) is 4.90 Å². The van der Waals surface area contributed by atoms with Gasteiger partial charge in [0.2, 0.25) is 0 Å². The first-order valence-corrected chi connectivity index (χ1v) is 10.6. The molecule has 2 aromatic carbocycles. The number of halogens is 1. The smallest absolute Gasteiger partial charge is 0.295 e. The number of ether oxygens (including phenoxy) is 2. The topological polar surface area (TPSA) is 76.1 Å². The van der Waals surface area contributed by atoms with E-state index in [1.54, 1.807) is 18.2 Å². The van der Waals surface area contributed by atoms with Crippen molar-refractivity contribution >= 4 is 17.4 Å². The maximum Gasteiger partial charge on any atom is 0.295 e. The molecular weight excluding hydrogens is 413 g/mol. The summed E-state index contributed by atoms with van der Waals surface area (Å²) < 4.78 is 24.3. The average Bonchev–Trinajstić information content (AvgIpc) is 3.02. The Morgan fingerprint density at radius 2 is 1.84 bits per heavy atom. The predicted molar refractivity (Wildman–Crippen MR) is 119 cm³/mol. The first-order valence-electron chi connectivity index (χ1n) is 10.6. The van der Waals surface area contributed by atoms with Crippen LogP contribution in [0.4, 0.5) is 4.39 Å². The molecular formula is C25H28FNO5. The number of amides is 1. The third-order valence-electron chi connectivity index (χ3n) is 5.47. The molecule has 170 valence electrons. The molecule has 32 heavy (non-hydrogen) atoms. The first kappa shape index (κ1) is 23.5. The fourth-order valence-electron chi connectivity index (χ4n) is 3.88. The molecule has 0 bridgehead atoms. The lowest BCUT2D eigenvalue weighted by Gasteiger charge is -2.25. The summed E-state index contributed by atoms with van der Waals surface area (Å²) in [5.41, 5.74) is 1.78. The van der Waals surface area contributed by atoms with Crippen LogP contribution in [0.2, 0.25) is 0 Å². The van der Waals surface area contributed by atoms with Crippen molar-refractivity contribution in [2.45, 2.75) is 32.7 Å². The minimum absolute atomic E-state index is 0.0309. The van der Waals surface area contributed by atoms with Gasteiger partial charge in [0.25, 0.3) is 11.7 Å². The largest absolute Gasteiger partial charge is 0.507 e. The molecule has 0 saturated carbocycles. The summed E-state index contributed by atoms with van der Waals surface area (Å²) in [5.74, 6) is -1.41. The van der Waals surface area contributed by atoms with E-state index in [1.807, 2.05) is 20.8 Å². The number of rotatable bonds is 8. The molecule has 0 aliphatic carbocycles. The summed E-state index contributed by atoms with van der Waals surface area (Å²) in [6, 6.07) is 9.89. The van der Waals surface area contributed by atoms with E-state index >= 15 is 0 Å². The normalized spacial score (nSPS) is 17.9. The summed E-state index contributed by atoms with van der Waals surface area (Å²) in [6.07, 6.45) is 0. The number of aliphatic hydroxyl groups excluding tert-OH is 1. The van der Waals surface area contributed by atoms with Gasteiger partial charge in [-0.3, -0.25) is 9.59 Å². The Morgan fingerprint density at radius 1 is 1.16 bits per heavy atom. The van der Waals surface area contributed by atoms with E-state index in [1.165, 1.54) is 36.3 Å². The lowest BCUT2D eigenvalue weighted by atomic mass is 9.93. The summed E-state index contributed by atoms with van der Waals surface area (Å²) >= 11 is 0. The number of Topliss-reactive ketones (excluding diaryl/α,β-unsaturated/α-hetero) is 1. The van der Waals surface area contributed by atoms with Crippen LogP contribution in [0.1, 0.15) is 49.4 Å². The van der Waals surface area contributed by atoms with E-state index in [0.29, 0.717) is 23.5 Å². The molecule has 7 heteroatoms. The van der Waals surface area contributed by atoms with Crippen LogP contribution in [-0.4, -0.2) is 48.6 Å². The molecule has 0 spiro atoms. The van der Waals surface area contributed by atoms with Gasteiger partial charge in [-0.25, -0.2) is 4.39 Å². The van der Waals surface area contributed by atoms with Gasteiger partial charge >= 0.3 is 0 Å². The van der Waals surface area contributed by atoms with E-state index in [9.17, 15) is 19.1 Å². The number of carbonyl (C=O) groups excluding carboxylic acids is 2. The molecule has 0 aromatic heterocycles. The summed E-state index contributed by atoms with van der Waals surface area (Å²) in [7, 11) is 1.50. The Kier molecular flexibility index (Phi) is 7.30. The van der Waals surface area contributed by atoms with Crippen LogP contribution in [0.3, 0.4) is 0 Å². The highest BCUT2D eigenvalue weighted by Gasteiger charge is 2.45. The van der Waals surface area contributed by atoms with Crippen LogP contribution in [0, 0.1) is 5.82 Å². The monoisotopic (exact) mass is 441 g/mol. The fraction of sp³-hybridized carbons (Fsp3) is 0.360. The van der Waals surface area contributed by atoms with Crippen LogP contribution in [0.5, 0.6) is 5.75 Å². The summed E-state index contributed by atoms with van der Waals surface area (Å²) in [4.78, 5) is 27.1. The zero-order chi connectivity index (χ0) is 23.4. The van der Waals surface area contributed by atoms with Gasteiger partial charge in [0, 0.05) is 19.2 Å². The van der Waals surface area contributed by atoms with Crippen LogP contribution in [-0.2, 0) is 14.3 Å². The molecule has 1 atom stereocenters. The van der Waals surface area contributed by atoms with E-state index in [-0.39, 0.29) is 30.4 Å². The maximum atomic E-state index is 13.5. The average molecular weight is 441 g/mol. The lowest BCUT2D eigenvalue weighted by molar-refractivity contribution is -0.140. The number of likely N-dealkylation sites (tertiary alicyclic amines) is 1. The van der Waals surface area contributed by atoms with Crippen LogP contribution in [0.25, 0.3) is 5.76 Å². The van der Waals surface area contributed by atoms with Gasteiger partial charge in [0.1, 0.15) is 17.3 Å². The van der Waals surface area contributed by atoms with Crippen LogP contribution in [0.15, 0.2) is 48.0 Å². The second kappa shape index (κ2) is 9.96. The quantitative estimate of drug-likeness (QED) is 0.373. The second-order valence-electron chi connectivity index (χ2n) is 7.88. The van der Waals surface area contributed by atoms with Gasteiger partial charge in [0.15, 0.2) is 0 Å². The van der Waals surface area contributed by atoms with Crippen molar-refractivity contribution in [3.63, 3.8) is 0 Å². The highest BCUT2D eigenvalue weighted by atomic mass is 19.1. The molecule has 1 aliphatic rings. The number of hydrogen-bond donors (Lipinski definition) is 1. The highest BCUT2D eigenvalue weighted by Crippen LogP contribution is 2.40. The predicted octanol–water partition coefficient (Wildman–Crippen LogP) is 4.42. The van der Waals surface area contributed by atoms with Crippen molar-refractivity contribution in [2.75, 3.05) is 26.9 Å². The lowest BCUT2D eigenvalue weighted by Crippen LogP contribution is -2.32. The zero-order valence-electron chi connectivity index (χ0n) is 18.7. The van der Waals surface area contributed by atoms with Gasteiger partial charge < -0.3 is 19.5 Å². The Labute approximate surface area is 187 Å². The van der Waals surface area contributed by atoms with Crippen LogP contribution >= 0.6 is 0 Å². The molecule has 1 N–H and O–H groups in total. The number of carbonyl (C=O) groups is 2. The summed E-state index contributed by atoms with van der Waals surface area (Å²) in [6.45, 7) is 6.77. The molecule has 1 aliphatic heterocycles. The van der Waals surface area contributed by atoms with E-state index < -0.39 is 23.5 Å². The summed E-state index contributed by atoms with van der Waals surface area (Å²) in [5, 5.41) is 11.2. The van der Waals surface area contributed by atoms with Crippen LogP contribution < -0.4 is 4.74 Å². The molecule has 1 fully saturated rings. The molecule has 1 unspecified atom stereocenters. The molecule has 1 saturated heterocycles. The van der Waals surface area contributed by atoms with Crippen molar-refractivity contribution in [3.05, 3.63) is 70.5 Å². The number of aliphatic hydroxyl groups is 1. The van der Waals surface area contributed by atoms with Gasteiger partial charge in [0.05, 0.1) is 24.8 Å². The molecule has 6 nitrogen and oxygen atoms in total. The van der Waals surface area contributed by atoms with Crippen molar-refractivity contribution < 1.29 is 28.6 Å². The van der Waals surface area contributed by atoms with Gasteiger partial charge in [-0.05, 0) is 54.3 Å². The Morgan fingerprint density at radius 3 is 2.44 bits per heavy atom. The van der Waals surface area contributed by atoms with Crippen molar-refractivity contribution in [1.29, 1.82) is 0 Å². The molecule has 1 amide bonds. The van der Waals surface area contributed by atoms with Gasteiger partial charge in [-0.1, -0.05) is 26.0 Å². The fourth-order valence-corrected chi connectivity index (χ4v) is 3.88. The second-order valence-corrected chi connectivity index (χ2v) is 7.88. The Hall–Kier alpha value is -3.19. The van der Waals surface area contributed by atoms with Gasteiger partial charge in [-0.15, -0.1) is 0 Å². The van der Waals surface area contributed by atoms with E-state index in [4.69, 9.17) is 9.47 Å². The number of ketones is 1. The maximum absolute atomic E-state index is 13.5. The molecule has 1 heterocycles. The zero-order valence-corrected chi connectivity index (χ0v) is 18.7. The molecule has 2 aromatic rings. The minimum Gasteiger partial charge on any atom is -0.507 e. The van der Waals surface area contributed by atoms with E-state index in [2.05, 4.69) is 0 Å². The van der Waals surface area contributed by atoms with Crippen molar-refractivity contribution in [2.24, 2.45) is 0 Å². The molecule has 0 radical (unpaired) electrons. The Balaban J connectivity index is 2.16. The number of hydrogen-bond acceptors (Lipinski definition) is 5. The number of methoxy groups -OCH3 is 1. The SMILES string of the molecule is CCOc1ccc(/C(O)=C2/C(=O)C(=O)N(CCOC)C2c2ccc(F)cc2)cc1C(C)C.